The normalized spacial score (nSPS) is 17.0. The van der Waals surface area contributed by atoms with E-state index in [1.165, 1.54) is 37.7 Å². The molecule has 0 radical (unpaired) electrons. The highest BCUT2D eigenvalue weighted by Crippen LogP contribution is 2.30. The molecule has 1 unspecified atom stereocenters. The first-order chi connectivity index (χ1) is 10.7. The summed E-state index contributed by atoms with van der Waals surface area (Å²) in [6.45, 7) is 2.72. The molecule has 2 rings (SSSR count). The molecule has 3 nitrogen and oxygen atoms in total. The van der Waals surface area contributed by atoms with Gasteiger partial charge in [0.05, 0.1) is 12.4 Å². The van der Waals surface area contributed by atoms with Gasteiger partial charge in [-0.1, -0.05) is 31.4 Å². The van der Waals surface area contributed by atoms with E-state index in [1.807, 2.05) is 43.0 Å². The summed E-state index contributed by atoms with van der Waals surface area (Å²) in [4.78, 5) is 12.2. The minimum atomic E-state index is 0.0546. The van der Waals surface area contributed by atoms with Gasteiger partial charge in [-0.05, 0) is 43.9 Å². The Hall–Kier alpha value is -1.16. The van der Waals surface area contributed by atoms with Gasteiger partial charge >= 0.3 is 0 Å². The molecule has 1 aromatic rings. The van der Waals surface area contributed by atoms with Crippen LogP contribution >= 0.6 is 11.8 Å². The van der Waals surface area contributed by atoms with Crippen molar-refractivity contribution in [3.63, 3.8) is 0 Å². The second-order valence-electron chi connectivity index (χ2n) is 5.93. The number of hydrogen-bond donors (Lipinski definition) is 1. The van der Waals surface area contributed by atoms with Gasteiger partial charge in [-0.25, -0.2) is 0 Å². The molecule has 122 valence electrons. The lowest BCUT2D eigenvalue weighted by molar-refractivity contribution is -0.120. The van der Waals surface area contributed by atoms with Gasteiger partial charge in [0.15, 0.2) is 0 Å². The smallest absolute Gasteiger partial charge is 0.232 e. The molecule has 1 aliphatic carbocycles. The van der Waals surface area contributed by atoms with Crippen molar-refractivity contribution in [1.29, 1.82) is 0 Å². The fourth-order valence-corrected chi connectivity index (χ4v) is 4.21. The molecule has 1 fully saturated rings. The van der Waals surface area contributed by atoms with Crippen LogP contribution in [0.4, 0.5) is 0 Å². The molecule has 1 N–H and O–H groups in total. The number of amides is 1. The van der Waals surface area contributed by atoms with E-state index < -0.39 is 0 Å². The standard InChI is InChI=1S/C18H27NO2S/c1-14(22-17-6-4-3-5-7-17)18(20)19-13-12-15-8-10-16(21-2)11-9-15/h8-11,14,17H,3-7,12-13H2,1-2H3,(H,19,20). The Kier molecular flexibility index (Phi) is 7.10. The number of nitrogens with one attached hydrogen (secondary N) is 1. The lowest BCUT2D eigenvalue weighted by Gasteiger charge is -2.23. The zero-order valence-corrected chi connectivity index (χ0v) is 14.5. The highest BCUT2D eigenvalue weighted by atomic mass is 32.2. The topological polar surface area (TPSA) is 38.3 Å². The summed E-state index contributed by atoms with van der Waals surface area (Å²) in [6, 6.07) is 8.01. The third kappa shape index (κ3) is 5.56. The quantitative estimate of drug-likeness (QED) is 0.830. The molecule has 0 aliphatic heterocycles. The van der Waals surface area contributed by atoms with Gasteiger partial charge in [0, 0.05) is 11.8 Å². The Morgan fingerprint density at radius 3 is 2.59 bits per heavy atom. The van der Waals surface area contributed by atoms with Crippen molar-refractivity contribution in [1.82, 2.24) is 5.32 Å². The maximum Gasteiger partial charge on any atom is 0.232 e. The number of thioether (sulfide) groups is 1. The summed E-state index contributed by atoms with van der Waals surface area (Å²) in [5.74, 6) is 1.04. The number of carbonyl (C=O) groups is 1. The van der Waals surface area contributed by atoms with Gasteiger partial charge in [-0.3, -0.25) is 4.79 Å². The first kappa shape index (κ1) is 17.2. The molecule has 0 heterocycles. The van der Waals surface area contributed by atoms with E-state index in [4.69, 9.17) is 4.74 Å². The van der Waals surface area contributed by atoms with Crippen LogP contribution in [0, 0.1) is 0 Å². The van der Waals surface area contributed by atoms with Crippen LogP contribution in [-0.2, 0) is 11.2 Å². The number of carbonyl (C=O) groups excluding carboxylic acids is 1. The fraction of sp³-hybridized carbons (Fsp3) is 0.611. The minimum Gasteiger partial charge on any atom is -0.497 e. The van der Waals surface area contributed by atoms with E-state index >= 15 is 0 Å². The van der Waals surface area contributed by atoms with Crippen LogP contribution < -0.4 is 10.1 Å². The van der Waals surface area contributed by atoms with E-state index in [0.717, 1.165) is 12.2 Å². The van der Waals surface area contributed by atoms with Crippen molar-refractivity contribution in [2.24, 2.45) is 0 Å². The second kappa shape index (κ2) is 9.09. The number of rotatable bonds is 7. The fourth-order valence-electron chi connectivity index (χ4n) is 2.82. The molecule has 1 aliphatic rings. The minimum absolute atomic E-state index is 0.0546. The van der Waals surface area contributed by atoms with E-state index in [-0.39, 0.29) is 11.2 Å². The second-order valence-corrected chi connectivity index (χ2v) is 7.57. The van der Waals surface area contributed by atoms with Crippen LogP contribution in [0.15, 0.2) is 24.3 Å². The third-order valence-electron chi connectivity index (χ3n) is 4.19. The van der Waals surface area contributed by atoms with Crippen molar-refractivity contribution in [2.75, 3.05) is 13.7 Å². The molecule has 0 aromatic heterocycles. The summed E-state index contributed by atoms with van der Waals surface area (Å²) in [5.41, 5.74) is 1.22. The highest BCUT2D eigenvalue weighted by Gasteiger charge is 2.20. The zero-order chi connectivity index (χ0) is 15.8. The predicted octanol–water partition coefficient (Wildman–Crippen LogP) is 3.81. The Morgan fingerprint density at radius 1 is 1.27 bits per heavy atom. The Morgan fingerprint density at radius 2 is 1.95 bits per heavy atom. The molecule has 0 bridgehead atoms. The highest BCUT2D eigenvalue weighted by molar-refractivity contribution is 8.01. The first-order valence-corrected chi connectivity index (χ1v) is 9.19. The van der Waals surface area contributed by atoms with Crippen LogP contribution in [-0.4, -0.2) is 30.1 Å². The lowest BCUT2D eigenvalue weighted by atomic mass is 10.0. The predicted molar refractivity (Wildman–Crippen MR) is 93.6 cm³/mol. The van der Waals surface area contributed by atoms with E-state index in [9.17, 15) is 4.79 Å². The zero-order valence-electron chi connectivity index (χ0n) is 13.6. The van der Waals surface area contributed by atoms with E-state index in [0.29, 0.717) is 11.8 Å². The van der Waals surface area contributed by atoms with E-state index in [1.54, 1.807) is 7.11 Å². The van der Waals surface area contributed by atoms with Crippen LogP contribution in [0.2, 0.25) is 0 Å². The summed E-state index contributed by atoms with van der Waals surface area (Å²) in [7, 11) is 1.67. The molecule has 4 heteroatoms. The Bertz CT molecular complexity index is 455. The molecule has 1 aromatic carbocycles. The van der Waals surface area contributed by atoms with Crippen LogP contribution in [0.25, 0.3) is 0 Å². The summed E-state index contributed by atoms with van der Waals surface area (Å²) in [5, 5.41) is 3.79. The number of hydrogen-bond acceptors (Lipinski definition) is 3. The Balaban J connectivity index is 1.67. The van der Waals surface area contributed by atoms with Gasteiger partial charge in [0.1, 0.15) is 5.75 Å². The average molecular weight is 321 g/mol. The van der Waals surface area contributed by atoms with Crippen molar-refractivity contribution < 1.29 is 9.53 Å². The van der Waals surface area contributed by atoms with Crippen LogP contribution in [0.3, 0.4) is 0 Å². The number of ether oxygens (including phenoxy) is 1. The molecule has 1 saturated carbocycles. The first-order valence-electron chi connectivity index (χ1n) is 8.25. The molecule has 22 heavy (non-hydrogen) atoms. The number of benzene rings is 1. The van der Waals surface area contributed by atoms with Crippen molar-refractivity contribution in [2.45, 2.75) is 55.9 Å². The molecule has 1 amide bonds. The van der Waals surface area contributed by atoms with Crippen molar-refractivity contribution in [3.8, 4) is 5.75 Å². The van der Waals surface area contributed by atoms with Gasteiger partial charge in [-0.2, -0.15) is 0 Å². The van der Waals surface area contributed by atoms with Crippen molar-refractivity contribution in [3.05, 3.63) is 29.8 Å². The maximum atomic E-state index is 12.2. The Labute approximate surface area is 138 Å². The molecule has 0 spiro atoms. The molecule has 0 saturated heterocycles. The van der Waals surface area contributed by atoms with E-state index in [2.05, 4.69) is 5.32 Å². The molecular weight excluding hydrogens is 294 g/mol. The average Bonchev–Trinajstić information content (AvgIpc) is 2.56. The van der Waals surface area contributed by atoms with Gasteiger partial charge < -0.3 is 10.1 Å². The summed E-state index contributed by atoms with van der Waals surface area (Å²) in [6.07, 6.45) is 7.41. The monoisotopic (exact) mass is 321 g/mol. The number of methoxy groups -OCH3 is 1. The van der Waals surface area contributed by atoms with Gasteiger partial charge in [0.25, 0.3) is 0 Å². The van der Waals surface area contributed by atoms with Crippen LogP contribution in [0.5, 0.6) is 5.75 Å². The third-order valence-corrected chi connectivity index (χ3v) is 5.67. The SMILES string of the molecule is COc1ccc(CCNC(=O)C(C)SC2CCCCC2)cc1. The largest absolute Gasteiger partial charge is 0.497 e. The summed E-state index contributed by atoms with van der Waals surface area (Å²) < 4.78 is 5.14. The molecular formula is C18H27NO2S. The maximum absolute atomic E-state index is 12.2. The van der Waals surface area contributed by atoms with Gasteiger partial charge in [-0.15, -0.1) is 11.8 Å². The molecule has 1 atom stereocenters. The van der Waals surface area contributed by atoms with Crippen LogP contribution in [0.1, 0.15) is 44.6 Å². The van der Waals surface area contributed by atoms with Crippen molar-refractivity contribution >= 4 is 17.7 Å². The summed E-state index contributed by atoms with van der Waals surface area (Å²) >= 11 is 1.85. The lowest BCUT2D eigenvalue weighted by Crippen LogP contribution is -2.33. The van der Waals surface area contributed by atoms with Gasteiger partial charge in [0.2, 0.25) is 5.91 Å².